The van der Waals surface area contributed by atoms with Crippen LogP contribution in [0.5, 0.6) is 0 Å². The second-order valence-electron chi connectivity index (χ2n) is 6.62. The van der Waals surface area contributed by atoms with Crippen molar-refractivity contribution in [3.05, 3.63) is 107 Å². The van der Waals surface area contributed by atoms with Crippen molar-refractivity contribution in [2.24, 2.45) is 0 Å². The molecule has 0 spiro atoms. The van der Waals surface area contributed by atoms with Crippen LogP contribution in [-0.4, -0.2) is 0 Å². The van der Waals surface area contributed by atoms with Gasteiger partial charge in [-0.2, -0.15) is 0 Å². The first-order chi connectivity index (χ1) is 12.2. The van der Waals surface area contributed by atoms with Crippen LogP contribution in [0.25, 0.3) is 0 Å². The average molecular weight is 330 g/mol. The lowest BCUT2D eigenvalue weighted by molar-refractivity contribution is 0.0333. The van der Waals surface area contributed by atoms with E-state index in [1.165, 1.54) is 27.8 Å². The highest BCUT2D eigenvalue weighted by Crippen LogP contribution is 2.30. The summed E-state index contributed by atoms with van der Waals surface area (Å²) in [7, 11) is 0. The van der Waals surface area contributed by atoms with Gasteiger partial charge in [-0.25, -0.2) is 0 Å². The number of hydrogen-bond donors (Lipinski definition) is 0. The first-order valence-corrected chi connectivity index (χ1v) is 8.99. The Labute approximate surface area is 151 Å². The molecule has 128 valence electrons. The zero-order valence-electron chi connectivity index (χ0n) is 15.1. The van der Waals surface area contributed by atoms with Crippen LogP contribution in [0, 0.1) is 13.8 Å². The molecule has 1 nitrogen and oxygen atoms in total. The van der Waals surface area contributed by atoms with E-state index in [4.69, 9.17) is 4.74 Å². The lowest BCUT2D eigenvalue weighted by Gasteiger charge is -2.22. The Hall–Kier alpha value is -2.38. The zero-order valence-corrected chi connectivity index (χ0v) is 15.1. The van der Waals surface area contributed by atoms with Crippen molar-refractivity contribution in [3.63, 3.8) is 0 Å². The first-order valence-electron chi connectivity index (χ1n) is 8.99. The lowest BCUT2D eigenvalue weighted by atomic mass is 9.94. The Bertz CT molecular complexity index is 714. The summed E-state index contributed by atoms with van der Waals surface area (Å²) < 4.78 is 6.40. The summed E-state index contributed by atoms with van der Waals surface area (Å²) in [5.41, 5.74) is 6.55. The van der Waals surface area contributed by atoms with E-state index >= 15 is 0 Å². The molecule has 0 aliphatic heterocycles. The molecule has 0 heterocycles. The van der Waals surface area contributed by atoms with Gasteiger partial charge >= 0.3 is 0 Å². The molecule has 0 fully saturated rings. The highest BCUT2D eigenvalue weighted by molar-refractivity contribution is 5.35. The third-order valence-electron chi connectivity index (χ3n) is 4.70. The molecular weight excluding hydrogens is 304 g/mol. The zero-order chi connectivity index (χ0) is 17.5. The van der Waals surface area contributed by atoms with Crippen LogP contribution in [0.1, 0.15) is 40.3 Å². The predicted octanol–water partition coefficient (Wildman–Crippen LogP) is 6.19. The van der Waals surface area contributed by atoms with Crippen molar-refractivity contribution in [1.29, 1.82) is 0 Å². The molecule has 1 unspecified atom stereocenters. The number of hydrogen-bond acceptors (Lipinski definition) is 1. The quantitative estimate of drug-likeness (QED) is 0.501. The molecule has 0 bridgehead atoms. The molecule has 0 aliphatic carbocycles. The fourth-order valence-electron chi connectivity index (χ4n) is 3.36. The van der Waals surface area contributed by atoms with Gasteiger partial charge in [-0.15, -0.1) is 0 Å². The fourth-order valence-corrected chi connectivity index (χ4v) is 3.36. The van der Waals surface area contributed by atoms with Gasteiger partial charge in [0, 0.05) is 0 Å². The summed E-state index contributed by atoms with van der Waals surface area (Å²) in [6.07, 6.45) is 2.12. The van der Waals surface area contributed by atoms with Gasteiger partial charge in [-0.1, -0.05) is 78.9 Å². The minimum atomic E-state index is 0.113. The number of benzene rings is 3. The van der Waals surface area contributed by atoms with E-state index in [1.54, 1.807) is 0 Å². The normalized spacial score (nSPS) is 12.1. The van der Waals surface area contributed by atoms with Gasteiger partial charge in [0.2, 0.25) is 0 Å². The highest BCUT2D eigenvalue weighted by Gasteiger charge is 2.17. The summed E-state index contributed by atoms with van der Waals surface area (Å²) in [5, 5.41) is 0. The SMILES string of the molecule is Cc1cccc(C)c1C(CCc1ccccc1)OCc1ccccc1. The predicted molar refractivity (Wildman–Crippen MR) is 105 cm³/mol. The van der Waals surface area contributed by atoms with Gasteiger partial charge in [-0.3, -0.25) is 0 Å². The van der Waals surface area contributed by atoms with E-state index in [1.807, 2.05) is 6.07 Å². The molecule has 0 aliphatic rings. The summed E-state index contributed by atoms with van der Waals surface area (Å²) in [4.78, 5) is 0. The molecule has 0 N–H and O–H groups in total. The van der Waals surface area contributed by atoms with Gasteiger partial charge < -0.3 is 4.74 Å². The third-order valence-corrected chi connectivity index (χ3v) is 4.70. The molecule has 1 atom stereocenters. The molecule has 0 radical (unpaired) electrons. The van der Waals surface area contributed by atoms with E-state index in [-0.39, 0.29) is 6.10 Å². The van der Waals surface area contributed by atoms with Crippen LogP contribution in [0.15, 0.2) is 78.9 Å². The third kappa shape index (κ3) is 4.80. The number of aryl methyl sites for hydroxylation is 3. The van der Waals surface area contributed by atoms with Crippen molar-refractivity contribution in [3.8, 4) is 0 Å². The van der Waals surface area contributed by atoms with E-state index in [9.17, 15) is 0 Å². The standard InChI is InChI=1S/C24H26O/c1-19-10-9-11-20(2)24(19)23(17-16-21-12-5-3-6-13-21)25-18-22-14-7-4-8-15-22/h3-15,23H,16-18H2,1-2H3. The van der Waals surface area contributed by atoms with Crippen molar-refractivity contribution < 1.29 is 4.74 Å². The summed E-state index contributed by atoms with van der Waals surface area (Å²) in [6.45, 7) is 5.02. The molecule has 0 aromatic heterocycles. The van der Waals surface area contributed by atoms with Crippen molar-refractivity contribution in [2.45, 2.75) is 39.4 Å². The molecule has 3 aromatic rings. The van der Waals surface area contributed by atoms with E-state index in [0.29, 0.717) is 6.61 Å². The molecule has 25 heavy (non-hydrogen) atoms. The fraction of sp³-hybridized carbons (Fsp3) is 0.250. The van der Waals surface area contributed by atoms with Crippen LogP contribution in [-0.2, 0) is 17.8 Å². The van der Waals surface area contributed by atoms with Gasteiger partial charge in [0.1, 0.15) is 0 Å². The van der Waals surface area contributed by atoms with E-state index in [2.05, 4.69) is 86.6 Å². The van der Waals surface area contributed by atoms with Crippen LogP contribution in [0.2, 0.25) is 0 Å². The second-order valence-corrected chi connectivity index (χ2v) is 6.62. The summed E-state index contributed by atoms with van der Waals surface area (Å²) in [5.74, 6) is 0. The van der Waals surface area contributed by atoms with Crippen LogP contribution in [0.3, 0.4) is 0 Å². The van der Waals surface area contributed by atoms with Gasteiger partial charge in [0.05, 0.1) is 12.7 Å². The molecule has 0 saturated heterocycles. The topological polar surface area (TPSA) is 9.23 Å². The Morgan fingerprint density at radius 1 is 0.680 bits per heavy atom. The molecular formula is C24H26O. The monoisotopic (exact) mass is 330 g/mol. The van der Waals surface area contributed by atoms with Gasteiger partial charge in [0.15, 0.2) is 0 Å². The maximum atomic E-state index is 6.40. The average Bonchev–Trinajstić information content (AvgIpc) is 2.65. The van der Waals surface area contributed by atoms with Crippen LogP contribution in [0.4, 0.5) is 0 Å². The molecule has 0 saturated carbocycles. The maximum absolute atomic E-state index is 6.40. The largest absolute Gasteiger partial charge is 0.369 e. The Morgan fingerprint density at radius 3 is 1.84 bits per heavy atom. The molecule has 1 heteroatoms. The summed E-state index contributed by atoms with van der Waals surface area (Å²) >= 11 is 0. The summed E-state index contributed by atoms with van der Waals surface area (Å²) in [6, 6.07) is 27.6. The van der Waals surface area contributed by atoms with Crippen molar-refractivity contribution in [1.82, 2.24) is 0 Å². The van der Waals surface area contributed by atoms with Crippen LogP contribution < -0.4 is 0 Å². The number of ether oxygens (including phenoxy) is 1. The lowest BCUT2D eigenvalue weighted by Crippen LogP contribution is -2.10. The minimum Gasteiger partial charge on any atom is -0.369 e. The number of rotatable bonds is 7. The Balaban J connectivity index is 1.78. The van der Waals surface area contributed by atoms with E-state index in [0.717, 1.165) is 12.8 Å². The Morgan fingerprint density at radius 2 is 1.24 bits per heavy atom. The highest BCUT2D eigenvalue weighted by atomic mass is 16.5. The minimum absolute atomic E-state index is 0.113. The van der Waals surface area contributed by atoms with Gasteiger partial charge in [0.25, 0.3) is 0 Å². The molecule has 3 rings (SSSR count). The molecule has 3 aromatic carbocycles. The first kappa shape index (κ1) is 17.4. The van der Waals surface area contributed by atoms with Gasteiger partial charge in [-0.05, 0) is 54.5 Å². The van der Waals surface area contributed by atoms with Crippen molar-refractivity contribution >= 4 is 0 Å². The Kier molecular flexibility index (Phi) is 6.03. The maximum Gasteiger partial charge on any atom is 0.0837 e. The van der Waals surface area contributed by atoms with Crippen molar-refractivity contribution in [2.75, 3.05) is 0 Å². The smallest absolute Gasteiger partial charge is 0.0837 e. The molecule has 0 amide bonds. The second kappa shape index (κ2) is 8.64. The van der Waals surface area contributed by atoms with E-state index < -0.39 is 0 Å². The van der Waals surface area contributed by atoms with Crippen LogP contribution >= 0.6 is 0 Å².